The number of nitrogens with two attached hydrogens (primary N) is 1. The highest BCUT2D eigenvalue weighted by atomic mass is 32.2. The molecule has 0 aliphatic heterocycles. The van der Waals surface area contributed by atoms with Crippen molar-refractivity contribution in [2.45, 2.75) is 43.6 Å². The predicted octanol–water partition coefficient (Wildman–Crippen LogP) is 2.54. The van der Waals surface area contributed by atoms with Crippen LogP contribution in [0.1, 0.15) is 33.2 Å². The molecule has 0 unspecified atom stereocenters. The Hall–Kier alpha value is -2.75. The third kappa shape index (κ3) is 3.59. The molecule has 1 amide bonds. The second kappa shape index (κ2) is 7.65. The number of hydrogen-bond acceptors (Lipinski definition) is 7. The van der Waals surface area contributed by atoms with Gasteiger partial charge in [0.15, 0.2) is 5.76 Å². The van der Waals surface area contributed by atoms with E-state index < -0.39 is 5.25 Å². The van der Waals surface area contributed by atoms with Crippen molar-refractivity contribution in [2.75, 3.05) is 11.2 Å². The van der Waals surface area contributed by atoms with Crippen LogP contribution < -0.4 is 11.2 Å². The van der Waals surface area contributed by atoms with Crippen molar-refractivity contribution in [1.82, 2.24) is 24.7 Å². The highest BCUT2D eigenvalue weighted by molar-refractivity contribution is 8.00. The van der Waals surface area contributed by atoms with Crippen LogP contribution in [0.4, 0.5) is 5.82 Å². The zero-order chi connectivity index (χ0) is 18.7. The first kappa shape index (κ1) is 18.1. The molecule has 10 heteroatoms. The molecule has 0 saturated heterocycles. The molecule has 0 aliphatic carbocycles. The van der Waals surface area contributed by atoms with Crippen molar-refractivity contribution in [3.05, 3.63) is 30.7 Å². The van der Waals surface area contributed by atoms with Gasteiger partial charge in [-0.1, -0.05) is 18.7 Å². The van der Waals surface area contributed by atoms with Crippen LogP contribution in [0.25, 0.3) is 11.6 Å². The van der Waals surface area contributed by atoms with Gasteiger partial charge < -0.3 is 15.6 Å². The molecule has 0 bridgehead atoms. The lowest BCUT2D eigenvalue weighted by Gasteiger charge is -2.16. The zero-order valence-corrected chi connectivity index (χ0v) is 15.6. The number of thioether (sulfide) groups is 1. The zero-order valence-electron chi connectivity index (χ0n) is 14.8. The van der Waals surface area contributed by atoms with Crippen LogP contribution in [0.3, 0.4) is 0 Å². The molecule has 26 heavy (non-hydrogen) atoms. The number of furan rings is 1. The van der Waals surface area contributed by atoms with Crippen LogP contribution in [-0.4, -0.2) is 35.8 Å². The van der Waals surface area contributed by atoms with Gasteiger partial charge in [-0.2, -0.15) is 5.10 Å². The average molecular weight is 375 g/mol. The number of carbonyl (C=O) groups is 1. The summed E-state index contributed by atoms with van der Waals surface area (Å²) < 4.78 is 8.40. The summed E-state index contributed by atoms with van der Waals surface area (Å²) in [6.45, 7) is 5.90. The van der Waals surface area contributed by atoms with E-state index in [0.29, 0.717) is 22.6 Å². The summed E-state index contributed by atoms with van der Waals surface area (Å²) in [6, 6.07) is 5.47. The monoisotopic (exact) mass is 375 g/mol. The number of hydrogen-bond donors (Lipinski definition) is 2. The quantitative estimate of drug-likeness (QED) is 0.481. The van der Waals surface area contributed by atoms with E-state index in [4.69, 9.17) is 10.3 Å². The molecular weight excluding hydrogens is 354 g/mol. The van der Waals surface area contributed by atoms with E-state index in [0.717, 1.165) is 6.42 Å². The molecule has 0 aromatic carbocycles. The van der Waals surface area contributed by atoms with Crippen LogP contribution in [0.5, 0.6) is 0 Å². The van der Waals surface area contributed by atoms with Crippen molar-refractivity contribution < 1.29 is 9.21 Å². The van der Waals surface area contributed by atoms with Gasteiger partial charge in [0.1, 0.15) is 5.82 Å². The summed E-state index contributed by atoms with van der Waals surface area (Å²) in [5, 5.41) is 15.2. The Kier molecular flexibility index (Phi) is 5.31. The van der Waals surface area contributed by atoms with Crippen LogP contribution in [0.2, 0.25) is 0 Å². The number of rotatable bonds is 7. The van der Waals surface area contributed by atoms with Crippen molar-refractivity contribution in [2.24, 2.45) is 0 Å². The van der Waals surface area contributed by atoms with E-state index in [1.54, 1.807) is 36.0 Å². The smallest absolute Gasteiger partial charge is 0.238 e. The summed E-state index contributed by atoms with van der Waals surface area (Å²) in [5.41, 5.74) is 0. The first-order chi connectivity index (χ1) is 12.5. The van der Waals surface area contributed by atoms with Gasteiger partial charge in [0.2, 0.25) is 16.9 Å². The molecular formula is C16H21N7O2S. The molecule has 3 rings (SSSR count). The van der Waals surface area contributed by atoms with Gasteiger partial charge in [0.25, 0.3) is 0 Å². The largest absolute Gasteiger partial charge is 0.461 e. The Morgan fingerprint density at radius 2 is 2.19 bits per heavy atom. The van der Waals surface area contributed by atoms with E-state index in [2.05, 4.69) is 27.5 Å². The topological polar surface area (TPSA) is 117 Å². The number of aromatic nitrogens is 5. The molecule has 0 fully saturated rings. The maximum absolute atomic E-state index is 12.5. The van der Waals surface area contributed by atoms with Crippen molar-refractivity contribution in [3.8, 4) is 11.6 Å². The lowest BCUT2D eigenvalue weighted by molar-refractivity contribution is -0.115. The molecule has 0 spiro atoms. The van der Waals surface area contributed by atoms with Gasteiger partial charge in [0.05, 0.1) is 23.8 Å². The minimum atomic E-state index is -0.425. The summed E-state index contributed by atoms with van der Waals surface area (Å²) in [7, 11) is 0. The van der Waals surface area contributed by atoms with Crippen LogP contribution in [0.15, 0.2) is 40.2 Å². The fraction of sp³-hybridized carbons (Fsp3) is 0.375. The number of nitrogens with zero attached hydrogens (tertiary/aromatic N) is 5. The molecule has 0 saturated carbocycles. The minimum absolute atomic E-state index is 0.164. The van der Waals surface area contributed by atoms with Gasteiger partial charge in [0, 0.05) is 6.07 Å². The summed E-state index contributed by atoms with van der Waals surface area (Å²) in [5.74, 6) is 7.45. The summed E-state index contributed by atoms with van der Waals surface area (Å²) in [6.07, 6.45) is 4.12. The van der Waals surface area contributed by atoms with E-state index in [1.807, 2.05) is 6.92 Å². The van der Waals surface area contributed by atoms with E-state index in [9.17, 15) is 4.79 Å². The number of anilines is 1. The SMILES string of the molecule is CC[C@@H](C)n1nccc1NC(=O)[C@@H](C)Sc1nnc(-c2ccco2)n1N. The highest BCUT2D eigenvalue weighted by Crippen LogP contribution is 2.26. The first-order valence-electron chi connectivity index (χ1n) is 8.26. The number of amides is 1. The maximum Gasteiger partial charge on any atom is 0.238 e. The molecule has 3 aromatic heterocycles. The normalized spacial score (nSPS) is 13.5. The number of carbonyl (C=O) groups excluding carboxylic acids is 1. The van der Waals surface area contributed by atoms with Gasteiger partial charge in [-0.15, -0.1) is 10.2 Å². The maximum atomic E-state index is 12.5. The fourth-order valence-electron chi connectivity index (χ4n) is 2.31. The van der Waals surface area contributed by atoms with Crippen LogP contribution >= 0.6 is 11.8 Å². The van der Waals surface area contributed by atoms with Crippen molar-refractivity contribution >= 4 is 23.5 Å². The van der Waals surface area contributed by atoms with Crippen molar-refractivity contribution in [3.63, 3.8) is 0 Å². The predicted molar refractivity (Wildman–Crippen MR) is 99.1 cm³/mol. The van der Waals surface area contributed by atoms with Gasteiger partial charge in [-0.3, -0.25) is 4.79 Å². The van der Waals surface area contributed by atoms with E-state index >= 15 is 0 Å². The Bertz CT molecular complexity index is 871. The molecule has 3 aromatic rings. The van der Waals surface area contributed by atoms with E-state index in [1.165, 1.54) is 22.7 Å². The summed E-state index contributed by atoms with van der Waals surface area (Å²) in [4.78, 5) is 12.5. The van der Waals surface area contributed by atoms with Gasteiger partial charge in [-0.05, 0) is 32.4 Å². The highest BCUT2D eigenvalue weighted by Gasteiger charge is 2.22. The number of nitrogens with one attached hydrogen (secondary N) is 1. The Morgan fingerprint density at radius 3 is 2.88 bits per heavy atom. The van der Waals surface area contributed by atoms with Gasteiger partial charge >= 0.3 is 0 Å². The minimum Gasteiger partial charge on any atom is -0.461 e. The number of nitrogen functional groups attached to an aromatic ring is 1. The molecule has 0 aliphatic rings. The second-order valence-electron chi connectivity index (χ2n) is 5.82. The molecule has 9 nitrogen and oxygen atoms in total. The first-order valence-corrected chi connectivity index (χ1v) is 9.14. The summed E-state index contributed by atoms with van der Waals surface area (Å²) >= 11 is 1.22. The van der Waals surface area contributed by atoms with Gasteiger partial charge in [-0.25, -0.2) is 9.36 Å². The Labute approximate surface area is 154 Å². The second-order valence-corrected chi connectivity index (χ2v) is 7.13. The lowest BCUT2D eigenvalue weighted by Crippen LogP contribution is -2.25. The molecule has 2 atom stereocenters. The van der Waals surface area contributed by atoms with Crippen LogP contribution in [0, 0.1) is 0 Å². The van der Waals surface area contributed by atoms with E-state index in [-0.39, 0.29) is 11.9 Å². The lowest BCUT2D eigenvalue weighted by atomic mass is 10.3. The standard InChI is InChI=1S/C16H21N7O2S/c1-4-10(2)23-13(7-8-18-23)19-15(24)11(3)26-16-21-20-14(22(16)17)12-6-5-9-25-12/h5-11H,4,17H2,1-3H3,(H,19,24)/t10-,11-/m1/s1. The molecule has 3 N–H and O–H groups in total. The molecule has 3 heterocycles. The molecule has 0 radical (unpaired) electrons. The Balaban J connectivity index is 1.68. The molecule has 138 valence electrons. The third-order valence-electron chi connectivity index (χ3n) is 3.99. The van der Waals surface area contributed by atoms with Crippen molar-refractivity contribution in [1.29, 1.82) is 0 Å². The average Bonchev–Trinajstić information content (AvgIpc) is 3.36. The third-order valence-corrected chi connectivity index (χ3v) is 5.04. The van der Waals surface area contributed by atoms with Crippen LogP contribution in [-0.2, 0) is 4.79 Å². The Morgan fingerprint density at radius 1 is 1.38 bits per heavy atom. The fourth-order valence-corrected chi connectivity index (χ4v) is 3.08.